The molecule has 4 aromatic heterocycles. The molecular formula is C46H46N6. The summed E-state index contributed by atoms with van der Waals surface area (Å²) in [5.41, 5.74) is 29.1. The molecule has 0 saturated carbocycles. The lowest BCUT2D eigenvalue weighted by molar-refractivity contribution is 0.931. The lowest BCUT2D eigenvalue weighted by Crippen LogP contribution is -2.00. The summed E-state index contributed by atoms with van der Waals surface area (Å²) < 4.78 is 0. The van der Waals surface area contributed by atoms with Crippen LogP contribution in [0, 0.1) is 41.5 Å². The van der Waals surface area contributed by atoms with Crippen LogP contribution in [-0.4, -0.2) is 19.9 Å². The van der Waals surface area contributed by atoms with Crippen molar-refractivity contribution >= 4 is 55.2 Å². The zero-order valence-electron chi connectivity index (χ0n) is 31.0. The van der Waals surface area contributed by atoms with Crippen LogP contribution < -0.4 is 11.5 Å². The van der Waals surface area contributed by atoms with E-state index in [0.29, 0.717) is 11.6 Å². The topological polar surface area (TPSA) is 104 Å². The Morgan fingerprint density at radius 2 is 0.808 bits per heavy atom. The Labute approximate surface area is 306 Å². The van der Waals surface area contributed by atoms with Crippen molar-refractivity contribution in [1.29, 1.82) is 0 Å². The van der Waals surface area contributed by atoms with E-state index in [0.717, 1.165) is 69.3 Å². The van der Waals surface area contributed by atoms with Gasteiger partial charge in [0.15, 0.2) is 11.6 Å². The first-order valence-electron chi connectivity index (χ1n) is 18.0. The molecule has 8 aromatic rings. The summed E-state index contributed by atoms with van der Waals surface area (Å²) in [4.78, 5) is 18.2. The highest BCUT2D eigenvalue weighted by Crippen LogP contribution is 2.29. The van der Waals surface area contributed by atoms with Gasteiger partial charge in [-0.3, -0.25) is 9.97 Å². The SMILES string of the molecule is Cc1cc(C)c(CCc2cnc3c(N)nc4ccccc4c3c2)c(C)c1.Cc1cc(C)c(CCc2cnc3c(N)nc4ccccc4c3c2)c(C)c1. The molecule has 0 unspecified atom stereocenters. The van der Waals surface area contributed by atoms with Crippen molar-refractivity contribution < 1.29 is 0 Å². The summed E-state index contributed by atoms with van der Waals surface area (Å²) in [6.07, 6.45) is 7.84. The molecule has 0 aliphatic rings. The van der Waals surface area contributed by atoms with Crippen molar-refractivity contribution in [3.8, 4) is 0 Å². The van der Waals surface area contributed by atoms with Gasteiger partial charge in [-0.1, -0.05) is 71.8 Å². The molecule has 0 saturated heterocycles. The van der Waals surface area contributed by atoms with E-state index in [2.05, 4.69) is 110 Å². The predicted molar refractivity (Wildman–Crippen MR) is 219 cm³/mol. The molecule has 0 spiro atoms. The minimum Gasteiger partial charge on any atom is -0.382 e. The Kier molecular flexibility index (Phi) is 9.57. The molecule has 0 aliphatic heterocycles. The molecule has 8 rings (SSSR count). The highest BCUT2D eigenvalue weighted by atomic mass is 14.9. The lowest BCUT2D eigenvalue weighted by Gasteiger charge is -2.12. The summed E-state index contributed by atoms with van der Waals surface area (Å²) in [6, 6.07) is 29.7. The number of hydrogen-bond acceptors (Lipinski definition) is 6. The number of hydrogen-bond donors (Lipinski definition) is 2. The third kappa shape index (κ3) is 7.02. The van der Waals surface area contributed by atoms with Gasteiger partial charge in [0.05, 0.1) is 11.0 Å². The maximum Gasteiger partial charge on any atom is 0.150 e. The first-order chi connectivity index (χ1) is 25.0. The Bertz CT molecular complexity index is 2390. The van der Waals surface area contributed by atoms with Gasteiger partial charge in [0, 0.05) is 33.9 Å². The zero-order chi connectivity index (χ0) is 36.5. The molecule has 6 nitrogen and oxygen atoms in total. The van der Waals surface area contributed by atoms with Gasteiger partial charge >= 0.3 is 0 Å². The molecule has 0 bridgehead atoms. The number of benzene rings is 4. The number of aryl methyl sites for hydroxylation is 8. The standard InChI is InChI=1S/2C23H23N3/c2*1-14-10-15(2)18(16(3)11-14)9-8-17-12-20-19-6-4-5-7-21(19)26-23(24)22(20)25-13-17/h2*4-7,10-13H,8-9H2,1-3H3,(H2,24,26). The second-order valence-electron chi connectivity index (χ2n) is 14.3. The van der Waals surface area contributed by atoms with Crippen molar-refractivity contribution in [3.05, 3.63) is 153 Å². The molecule has 52 heavy (non-hydrogen) atoms. The van der Waals surface area contributed by atoms with Gasteiger partial charge in [0.1, 0.15) is 11.0 Å². The van der Waals surface area contributed by atoms with Crippen LogP contribution in [-0.2, 0) is 25.7 Å². The number of nitrogens with zero attached hydrogens (tertiary/aromatic N) is 4. The molecule has 4 N–H and O–H groups in total. The number of fused-ring (bicyclic) bond motifs is 6. The van der Waals surface area contributed by atoms with Gasteiger partial charge in [-0.15, -0.1) is 0 Å². The highest BCUT2D eigenvalue weighted by molar-refractivity contribution is 6.09. The number of nitrogens with two attached hydrogens (primary N) is 2. The first kappa shape index (κ1) is 34.6. The Morgan fingerprint density at radius 1 is 0.442 bits per heavy atom. The van der Waals surface area contributed by atoms with E-state index < -0.39 is 0 Å². The number of pyridine rings is 4. The van der Waals surface area contributed by atoms with Crippen LogP contribution in [0.3, 0.4) is 0 Å². The number of para-hydroxylation sites is 2. The van der Waals surface area contributed by atoms with Gasteiger partial charge in [0.25, 0.3) is 0 Å². The Hall–Kier alpha value is -5.88. The van der Waals surface area contributed by atoms with E-state index in [-0.39, 0.29) is 0 Å². The van der Waals surface area contributed by atoms with Gasteiger partial charge < -0.3 is 11.5 Å². The molecular weight excluding hydrogens is 637 g/mol. The molecule has 0 fully saturated rings. The second-order valence-corrected chi connectivity index (χ2v) is 14.3. The molecule has 4 aromatic carbocycles. The Balaban J connectivity index is 0.000000162. The van der Waals surface area contributed by atoms with E-state index in [4.69, 9.17) is 11.5 Å². The lowest BCUT2D eigenvalue weighted by atomic mass is 9.94. The van der Waals surface area contributed by atoms with Gasteiger partial charge in [0.2, 0.25) is 0 Å². The van der Waals surface area contributed by atoms with Crippen LogP contribution in [0.4, 0.5) is 11.6 Å². The summed E-state index contributed by atoms with van der Waals surface area (Å²) in [6.45, 7) is 13.1. The number of rotatable bonds is 6. The maximum absolute atomic E-state index is 6.12. The third-order valence-corrected chi connectivity index (χ3v) is 10.3. The van der Waals surface area contributed by atoms with E-state index in [1.165, 1.54) is 55.6 Å². The average Bonchev–Trinajstić information content (AvgIpc) is 3.11. The van der Waals surface area contributed by atoms with Crippen molar-refractivity contribution in [2.45, 2.75) is 67.2 Å². The van der Waals surface area contributed by atoms with E-state index in [1.807, 2.05) is 48.8 Å². The van der Waals surface area contributed by atoms with Crippen molar-refractivity contribution in [2.24, 2.45) is 0 Å². The van der Waals surface area contributed by atoms with Gasteiger partial charge in [-0.2, -0.15) is 0 Å². The fourth-order valence-corrected chi connectivity index (χ4v) is 7.82. The summed E-state index contributed by atoms with van der Waals surface area (Å²) >= 11 is 0. The fraction of sp³-hybridized carbons (Fsp3) is 0.217. The van der Waals surface area contributed by atoms with Crippen molar-refractivity contribution in [2.75, 3.05) is 11.5 Å². The van der Waals surface area contributed by atoms with Crippen LogP contribution >= 0.6 is 0 Å². The molecule has 6 heteroatoms. The van der Waals surface area contributed by atoms with E-state index in [1.54, 1.807) is 0 Å². The molecule has 260 valence electrons. The minimum atomic E-state index is 0.496. The average molecular weight is 683 g/mol. The van der Waals surface area contributed by atoms with Crippen molar-refractivity contribution in [3.63, 3.8) is 0 Å². The van der Waals surface area contributed by atoms with E-state index in [9.17, 15) is 0 Å². The quantitative estimate of drug-likeness (QED) is 0.169. The molecule has 0 aliphatic carbocycles. The highest BCUT2D eigenvalue weighted by Gasteiger charge is 2.12. The minimum absolute atomic E-state index is 0.496. The first-order valence-corrected chi connectivity index (χ1v) is 18.0. The molecule has 0 radical (unpaired) electrons. The smallest absolute Gasteiger partial charge is 0.150 e. The maximum atomic E-state index is 6.12. The monoisotopic (exact) mass is 682 g/mol. The second kappa shape index (κ2) is 14.4. The Morgan fingerprint density at radius 3 is 1.19 bits per heavy atom. The summed E-state index contributed by atoms with van der Waals surface area (Å²) in [7, 11) is 0. The van der Waals surface area contributed by atoms with Gasteiger partial charge in [-0.05, 0) is 136 Å². The number of anilines is 2. The molecule has 0 amide bonds. The molecule has 4 heterocycles. The van der Waals surface area contributed by atoms with Crippen LogP contribution in [0.15, 0.2) is 97.3 Å². The van der Waals surface area contributed by atoms with Crippen LogP contribution in [0.2, 0.25) is 0 Å². The van der Waals surface area contributed by atoms with E-state index >= 15 is 0 Å². The zero-order valence-corrected chi connectivity index (χ0v) is 31.0. The third-order valence-electron chi connectivity index (χ3n) is 10.3. The largest absolute Gasteiger partial charge is 0.382 e. The predicted octanol–water partition coefficient (Wildman–Crippen LogP) is 10.2. The van der Waals surface area contributed by atoms with Crippen LogP contribution in [0.5, 0.6) is 0 Å². The van der Waals surface area contributed by atoms with Crippen LogP contribution in [0.25, 0.3) is 43.6 Å². The molecule has 0 atom stereocenters. The summed E-state index contributed by atoms with van der Waals surface area (Å²) in [5, 5.41) is 4.38. The van der Waals surface area contributed by atoms with Crippen LogP contribution in [0.1, 0.15) is 55.6 Å². The van der Waals surface area contributed by atoms with Crippen molar-refractivity contribution in [1.82, 2.24) is 19.9 Å². The van der Waals surface area contributed by atoms with Gasteiger partial charge in [-0.25, -0.2) is 9.97 Å². The summed E-state index contributed by atoms with van der Waals surface area (Å²) in [5.74, 6) is 0.992. The number of aromatic nitrogens is 4. The normalized spacial score (nSPS) is 11.3. The number of nitrogen functional groups attached to an aromatic ring is 2. The fourth-order valence-electron chi connectivity index (χ4n) is 7.82.